The number of thiol groups is 2. The minimum atomic E-state index is -1.21. The van der Waals surface area contributed by atoms with Gasteiger partial charge in [0, 0.05) is 12.1 Å². The fourth-order valence-corrected chi connectivity index (χ4v) is 1.07. The molecule has 0 saturated carbocycles. The van der Waals surface area contributed by atoms with Crippen LogP contribution in [0.5, 0.6) is 0 Å². The molecule has 0 aromatic heterocycles. The number of nitrogens with two attached hydrogens (primary N) is 2. The summed E-state index contributed by atoms with van der Waals surface area (Å²) in [5, 5.41) is 19.6. The van der Waals surface area contributed by atoms with Gasteiger partial charge in [-0.05, 0) is 24.3 Å². The predicted octanol–water partition coefficient (Wildman–Crippen LogP) is -3.61. The average Bonchev–Trinajstić information content (AvgIpc) is 2.19. The Hall–Kier alpha value is 0.482. The van der Waals surface area contributed by atoms with Crippen molar-refractivity contribution in [2.24, 2.45) is 11.5 Å². The molecule has 0 aliphatic carbocycles. The van der Waals surface area contributed by atoms with Gasteiger partial charge in [0.25, 0.3) is 0 Å². The van der Waals surface area contributed by atoms with E-state index in [1.54, 1.807) is 0 Å². The molecule has 0 spiro atoms. The van der Waals surface area contributed by atoms with Gasteiger partial charge in [-0.2, -0.15) is 25.3 Å². The third-order valence-electron chi connectivity index (χ3n) is 1.49. The van der Waals surface area contributed by atoms with E-state index in [0.29, 0.717) is 24.3 Å². The zero-order chi connectivity index (χ0) is 13.1. The first-order valence-corrected chi connectivity index (χ1v) is 5.77. The summed E-state index contributed by atoms with van der Waals surface area (Å²) in [4.78, 5) is 19.6. The van der Waals surface area contributed by atoms with E-state index in [-0.39, 0.29) is 27.3 Å². The first-order chi connectivity index (χ1) is 7.36. The number of carboxylic acid groups (broad SMARTS) is 2. The summed E-state index contributed by atoms with van der Waals surface area (Å²) in [7, 11) is 0. The van der Waals surface area contributed by atoms with Crippen LogP contribution in [0.15, 0.2) is 0 Å². The summed E-state index contributed by atoms with van der Waals surface area (Å²) >= 11 is 7.57. The van der Waals surface area contributed by atoms with Crippen molar-refractivity contribution in [2.75, 3.05) is 11.5 Å². The van der Waals surface area contributed by atoms with Gasteiger partial charge in [0.2, 0.25) is 0 Å². The molecule has 0 aliphatic rings. The van der Waals surface area contributed by atoms with Crippen molar-refractivity contribution >= 4 is 64.5 Å². The van der Waals surface area contributed by atoms with E-state index in [1.807, 2.05) is 0 Å². The molecular weight excluding hydrogens is 459 g/mol. The Labute approximate surface area is 131 Å². The molecule has 2 atom stereocenters. The Bertz CT molecular complexity index is 200. The molecule has 17 heavy (non-hydrogen) atoms. The van der Waals surface area contributed by atoms with Crippen LogP contribution >= 0.6 is 25.3 Å². The molecule has 0 aromatic carbocycles. The maximum atomic E-state index is 9.82. The Morgan fingerprint density at radius 1 is 0.941 bits per heavy atom. The maximum Gasteiger partial charge on any atom is 2.00 e. The van der Waals surface area contributed by atoms with Crippen LogP contribution in [-0.4, -0.2) is 62.8 Å². The van der Waals surface area contributed by atoms with E-state index in [0.717, 1.165) is 0 Å². The van der Waals surface area contributed by atoms with Crippen molar-refractivity contribution in [3.8, 4) is 0 Å². The summed E-state index contributed by atoms with van der Waals surface area (Å²) < 4.78 is 0. The number of rotatable bonds is 6. The molecule has 0 rings (SSSR count). The average molecular weight is 476 g/mol. The first-order valence-electron chi connectivity index (χ1n) is 4.51. The van der Waals surface area contributed by atoms with Crippen LogP contribution in [0.2, 0.25) is 0 Å². The molecule has 0 aromatic rings. The Kier molecular flexibility index (Phi) is 19.4. The van der Waals surface area contributed by atoms with Crippen LogP contribution in [0.3, 0.4) is 0 Å². The van der Waals surface area contributed by atoms with Gasteiger partial charge in [-0.1, -0.05) is 0 Å². The van der Waals surface area contributed by atoms with Gasteiger partial charge in [0.1, 0.15) is 0 Å². The largest absolute Gasteiger partial charge is 2.00 e. The molecular formula is C8H16N2O4PbS2. The van der Waals surface area contributed by atoms with Crippen LogP contribution in [-0.2, 0) is 9.59 Å². The van der Waals surface area contributed by atoms with E-state index < -0.39 is 24.0 Å². The standard InChI is InChI=1S/2C4H9NO2S.Pb/c2*5-3(1-2-8)4(6)7;/h2*3,8H,1-2,5H2,(H,6,7);/q;;+2/p-2/t2*3-;/m00./s1. The topological polar surface area (TPSA) is 132 Å². The number of hydrogen-bond donors (Lipinski definition) is 4. The van der Waals surface area contributed by atoms with Crippen molar-refractivity contribution in [1.29, 1.82) is 0 Å². The summed E-state index contributed by atoms with van der Waals surface area (Å²) in [5.74, 6) is -1.46. The van der Waals surface area contributed by atoms with E-state index in [1.165, 1.54) is 0 Å². The number of aliphatic carboxylic acids is 2. The maximum absolute atomic E-state index is 9.82. The number of carboxylic acids is 2. The van der Waals surface area contributed by atoms with Gasteiger partial charge in [-0.15, -0.1) is 0 Å². The van der Waals surface area contributed by atoms with Crippen molar-refractivity contribution in [3.05, 3.63) is 0 Å². The molecule has 0 amide bonds. The minimum absolute atomic E-state index is 0. The number of hydrogen-bond acceptors (Lipinski definition) is 8. The Morgan fingerprint density at radius 3 is 1.24 bits per heavy atom. The molecule has 0 saturated heterocycles. The summed E-state index contributed by atoms with van der Waals surface area (Å²) in [6.07, 6.45) is 0.733. The van der Waals surface area contributed by atoms with E-state index in [9.17, 15) is 19.8 Å². The van der Waals surface area contributed by atoms with Crippen LogP contribution < -0.4 is 21.7 Å². The fraction of sp³-hybridized carbons (Fsp3) is 0.750. The van der Waals surface area contributed by atoms with E-state index in [2.05, 4.69) is 25.3 Å². The Morgan fingerprint density at radius 2 is 1.18 bits per heavy atom. The molecule has 9 heteroatoms. The summed E-state index contributed by atoms with van der Waals surface area (Å²) in [5.41, 5.74) is 10.0. The molecule has 98 valence electrons. The van der Waals surface area contributed by atoms with Crippen LogP contribution in [0.1, 0.15) is 12.8 Å². The Balaban J connectivity index is -0.000000218. The third-order valence-corrected chi connectivity index (χ3v) is 2.00. The van der Waals surface area contributed by atoms with Gasteiger partial charge >= 0.3 is 27.3 Å². The summed E-state index contributed by atoms with van der Waals surface area (Å²) in [6, 6.07) is -1.71. The molecule has 0 unspecified atom stereocenters. The van der Waals surface area contributed by atoms with Gasteiger partial charge in [0.15, 0.2) is 0 Å². The molecule has 6 nitrogen and oxygen atoms in total. The van der Waals surface area contributed by atoms with Crippen molar-refractivity contribution in [2.45, 2.75) is 24.9 Å². The second-order valence-corrected chi connectivity index (χ2v) is 3.77. The van der Waals surface area contributed by atoms with Crippen molar-refractivity contribution in [1.82, 2.24) is 0 Å². The second-order valence-electron chi connectivity index (χ2n) is 2.88. The molecule has 4 N–H and O–H groups in total. The normalized spacial score (nSPS) is 12.5. The third kappa shape index (κ3) is 16.5. The molecule has 0 fully saturated rings. The molecule has 2 radical (unpaired) electrons. The van der Waals surface area contributed by atoms with Gasteiger partial charge in [-0.3, -0.25) is 0 Å². The van der Waals surface area contributed by atoms with Crippen molar-refractivity contribution < 1.29 is 19.8 Å². The molecule has 0 aliphatic heterocycles. The fourth-order valence-electron chi connectivity index (χ4n) is 0.514. The number of carbonyl (C=O) groups is 2. The van der Waals surface area contributed by atoms with Gasteiger partial charge in [-0.25, -0.2) is 0 Å². The SMILES string of the molecule is N[C@@H](CCS)C(=O)[O-].N[C@@H](CCS)C(=O)[O-].[Pb+2]. The number of carbonyl (C=O) groups excluding carboxylic acids is 2. The quantitative estimate of drug-likeness (QED) is 0.232. The van der Waals surface area contributed by atoms with Gasteiger partial charge < -0.3 is 31.3 Å². The second kappa shape index (κ2) is 14.5. The van der Waals surface area contributed by atoms with E-state index >= 15 is 0 Å². The predicted molar refractivity (Wildman–Crippen MR) is 68.7 cm³/mol. The van der Waals surface area contributed by atoms with E-state index in [4.69, 9.17) is 11.5 Å². The van der Waals surface area contributed by atoms with Crippen LogP contribution in [0, 0.1) is 0 Å². The van der Waals surface area contributed by atoms with Crippen molar-refractivity contribution in [3.63, 3.8) is 0 Å². The molecule has 0 bridgehead atoms. The zero-order valence-electron chi connectivity index (χ0n) is 9.17. The first kappa shape index (κ1) is 22.6. The summed E-state index contributed by atoms with van der Waals surface area (Å²) in [6.45, 7) is 0. The monoisotopic (exact) mass is 476 g/mol. The van der Waals surface area contributed by atoms with Gasteiger partial charge in [0.05, 0.1) is 11.9 Å². The van der Waals surface area contributed by atoms with Crippen LogP contribution in [0.25, 0.3) is 0 Å². The minimum Gasteiger partial charge on any atom is -0.548 e. The van der Waals surface area contributed by atoms with Crippen LogP contribution in [0.4, 0.5) is 0 Å². The molecule has 0 heterocycles. The zero-order valence-corrected chi connectivity index (χ0v) is 14.8. The smallest absolute Gasteiger partial charge is 0.548 e.